The number of amides is 1. The molecule has 3 aromatic rings. The quantitative estimate of drug-likeness (QED) is 0.324. The number of hydrogen-bond donors (Lipinski definition) is 1. The number of benzene rings is 2. The molecule has 0 unspecified atom stereocenters. The molecule has 3 rings (SSSR count). The summed E-state index contributed by atoms with van der Waals surface area (Å²) in [6, 6.07) is 12.7. The molecular formula is C20H20ClN5O3S. The summed E-state index contributed by atoms with van der Waals surface area (Å²) >= 11 is 7.30. The number of ether oxygens (including phenoxy) is 2. The molecule has 2 aromatic carbocycles. The van der Waals surface area contributed by atoms with Gasteiger partial charge in [0.15, 0.2) is 11.0 Å². The van der Waals surface area contributed by atoms with E-state index in [2.05, 4.69) is 20.7 Å². The summed E-state index contributed by atoms with van der Waals surface area (Å²) in [5.74, 6) is 1.80. The van der Waals surface area contributed by atoms with Crippen molar-refractivity contribution in [3.05, 3.63) is 53.1 Å². The van der Waals surface area contributed by atoms with Gasteiger partial charge < -0.3 is 14.0 Å². The second-order valence-corrected chi connectivity index (χ2v) is 7.44. The number of aromatic nitrogens is 3. The van der Waals surface area contributed by atoms with Gasteiger partial charge in [-0.2, -0.15) is 5.10 Å². The molecule has 0 aliphatic rings. The molecule has 0 radical (unpaired) electrons. The lowest BCUT2D eigenvalue weighted by molar-refractivity contribution is -0.118. The van der Waals surface area contributed by atoms with Gasteiger partial charge in [-0.05, 0) is 24.3 Å². The Labute approximate surface area is 183 Å². The van der Waals surface area contributed by atoms with Crippen LogP contribution in [0.15, 0.2) is 52.7 Å². The van der Waals surface area contributed by atoms with Crippen LogP contribution < -0.4 is 14.9 Å². The smallest absolute Gasteiger partial charge is 0.250 e. The molecule has 0 spiro atoms. The summed E-state index contributed by atoms with van der Waals surface area (Å²) in [5, 5.41) is 13.6. The number of carbonyl (C=O) groups is 1. The summed E-state index contributed by atoms with van der Waals surface area (Å²) in [7, 11) is 4.97. The lowest BCUT2D eigenvalue weighted by Crippen LogP contribution is -2.20. The minimum atomic E-state index is -0.268. The van der Waals surface area contributed by atoms with Crippen molar-refractivity contribution >= 4 is 35.5 Å². The first-order chi connectivity index (χ1) is 14.5. The standard InChI is InChI=1S/C20H20ClN5O3S/c1-26-19(13-5-4-6-15(21)9-13)24-25-20(26)30-12-18(27)23-22-11-14-7-8-16(28-2)10-17(14)29-3/h4-11H,12H2,1-3H3,(H,23,27)/b22-11+. The zero-order valence-electron chi connectivity index (χ0n) is 16.6. The Morgan fingerprint density at radius 1 is 1.23 bits per heavy atom. The maximum absolute atomic E-state index is 12.1. The lowest BCUT2D eigenvalue weighted by Gasteiger charge is -2.07. The van der Waals surface area contributed by atoms with Crippen molar-refractivity contribution in [2.45, 2.75) is 5.16 Å². The molecule has 1 aromatic heterocycles. The van der Waals surface area contributed by atoms with Crippen LogP contribution in [0.5, 0.6) is 11.5 Å². The van der Waals surface area contributed by atoms with Gasteiger partial charge in [-0.1, -0.05) is 35.5 Å². The molecule has 1 N–H and O–H groups in total. The van der Waals surface area contributed by atoms with Gasteiger partial charge in [0.2, 0.25) is 0 Å². The van der Waals surface area contributed by atoms with Gasteiger partial charge in [0, 0.05) is 29.3 Å². The summed E-state index contributed by atoms with van der Waals surface area (Å²) in [6.45, 7) is 0. The van der Waals surface area contributed by atoms with Crippen LogP contribution >= 0.6 is 23.4 Å². The molecule has 8 nitrogen and oxygen atoms in total. The predicted molar refractivity (Wildman–Crippen MR) is 117 cm³/mol. The molecule has 10 heteroatoms. The van der Waals surface area contributed by atoms with E-state index in [1.54, 1.807) is 38.5 Å². The van der Waals surface area contributed by atoms with Crippen LogP contribution in [0.4, 0.5) is 0 Å². The summed E-state index contributed by atoms with van der Waals surface area (Å²) in [6.07, 6.45) is 1.51. The number of carbonyl (C=O) groups excluding carboxylic acids is 1. The highest BCUT2D eigenvalue weighted by molar-refractivity contribution is 7.99. The van der Waals surface area contributed by atoms with Crippen LogP contribution in [0.25, 0.3) is 11.4 Å². The summed E-state index contributed by atoms with van der Waals surface area (Å²) in [4.78, 5) is 12.1. The molecule has 1 heterocycles. The molecule has 30 heavy (non-hydrogen) atoms. The number of hydrogen-bond acceptors (Lipinski definition) is 7. The van der Waals surface area contributed by atoms with Crippen molar-refractivity contribution in [2.24, 2.45) is 12.1 Å². The average Bonchev–Trinajstić information content (AvgIpc) is 3.12. The fraction of sp³-hybridized carbons (Fsp3) is 0.200. The van der Waals surface area contributed by atoms with Gasteiger partial charge in [-0.25, -0.2) is 5.43 Å². The summed E-state index contributed by atoms with van der Waals surface area (Å²) in [5.41, 5.74) is 4.06. The highest BCUT2D eigenvalue weighted by atomic mass is 35.5. The maximum atomic E-state index is 12.1. The number of nitrogens with zero attached hydrogens (tertiary/aromatic N) is 4. The van der Waals surface area contributed by atoms with E-state index in [0.29, 0.717) is 33.1 Å². The van der Waals surface area contributed by atoms with E-state index in [0.717, 1.165) is 5.56 Å². The van der Waals surface area contributed by atoms with Crippen LogP contribution in [0.1, 0.15) is 5.56 Å². The highest BCUT2D eigenvalue weighted by Crippen LogP contribution is 2.25. The normalized spacial score (nSPS) is 10.9. The summed E-state index contributed by atoms with van der Waals surface area (Å²) < 4.78 is 12.3. The predicted octanol–water partition coefficient (Wildman–Crippen LogP) is 3.40. The largest absolute Gasteiger partial charge is 0.497 e. The fourth-order valence-corrected chi connectivity index (χ4v) is 3.47. The van der Waals surface area contributed by atoms with Crippen LogP contribution in [0, 0.1) is 0 Å². The molecule has 0 aliphatic carbocycles. The molecule has 1 amide bonds. The van der Waals surface area contributed by atoms with Crippen molar-refractivity contribution in [3.63, 3.8) is 0 Å². The van der Waals surface area contributed by atoms with Crippen molar-refractivity contribution in [1.82, 2.24) is 20.2 Å². The Hall–Kier alpha value is -3.04. The van der Waals surface area contributed by atoms with Gasteiger partial charge in [0.05, 0.1) is 26.2 Å². The third-order valence-electron chi connectivity index (χ3n) is 4.08. The zero-order valence-corrected chi connectivity index (χ0v) is 18.2. The second kappa shape index (κ2) is 10.1. The Kier molecular flexibility index (Phi) is 7.31. The Morgan fingerprint density at radius 3 is 2.80 bits per heavy atom. The minimum Gasteiger partial charge on any atom is -0.497 e. The van der Waals surface area contributed by atoms with Gasteiger partial charge in [-0.3, -0.25) is 4.79 Å². The van der Waals surface area contributed by atoms with Crippen LogP contribution in [-0.2, 0) is 11.8 Å². The monoisotopic (exact) mass is 445 g/mol. The zero-order chi connectivity index (χ0) is 21.5. The van der Waals surface area contributed by atoms with Gasteiger partial charge in [-0.15, -0.1) is 10.2 Å². The topological polar surface area (TPSA) is 90.6 Å². The molecule has 156 valence electrons. The molecule has 0 aliphatic heterocycles. The number of nitrogens with one attached hydrogen (secondary N) is 1. The average molecular weight is 446 g/mol. The molecule has 0 saturated carbocycles. The van der Waals surface area contributed by atoms with Crippen molar-refractivity contribution in [1.29, 1.82) is 0 Å². The van der Waals surface area contributed by atoms with E-state index >= 15 is 0 Å². The first kappa shape index (κ1) is 21.7. The van der Waals surface area contributed by atoms with Crippen LogP contribution in [-0.4, -0.2) is 46.9 Å². The molecule has 0 saturated heterocycles. The van der Waals surface area contributed by atoms with Crippen molar-refractivity contribution in [3.8, 4) is 22.9 Å². The van der Waals surface area contributed by atoms with E-state index in [4.69, 9.17) is 21.1 Å². The number of hydrazone groups is 1. The Morgan fingerprint density at radius 2 is 2.07 bits per heavy atom. The van der Waals surface area contributed by atoms with Crippen LogP contribution in [0.2, 0.25) is 5.02 Å². The van der Waals surface area contributed by atoms with Gasteiger partial charge in [0.1, 0.15) is 11.5 Å². The van der Waals surface area contributed by atoms with Gasteiger partial charge >= 0.3 is 0 Å². The molecule has 0 fully saturated rings. The number of thioether (sulfide) groups is 1. The van der Waals surface area contributed by atoms with Crippen molar-refractivity contribution < 1.29 is 14.3 Å². The van der Waals surface area contributed by atoms with E-state index in [1.165, 1.54) is 18.0 Å². The van der Waals surface area contributed by atoms with E-state index in [-0.39, 0.29) is 11.7 Å². The van der Waals surface area contributed by atoms with Crippen molar-refractivity contribution in [2.75, 3.05) is 20.0 Å². The SMILES string of the molecule is COc1ccc(/C=N/NC(=O)CSc2nnc(-c3cccc(Cl)c3)n2C)c(OC)c1. The second-order valence-electron chi connectivity index (χ2n) is 6.07. The fourth-order valence-electron chi connectivity index (χ4n) is 2.58. The molecular weight excluding hydrogens is 426 g/mol. The Balaban J connectivity index is 1.57. The Bertz CT molecular complexity index is 1070. The number of halogens is 1. The third-order valence-corrected chi connectivity index (χ3v) is 5.34. The first-order valence-electron chi connectivity index (χ1n) is 8.84. The molecule has 0 atom stereocenters. The third kappa shape index (κ3) is 5.31. The minimum absolute atomic E-state index is 0.138. The van der Waals surface area contributed by atoms with E-state index < -0.39 is 0 Å². The van der Waals surface area contributed by atoms with Gasteiger partial charge in [0.25, 0.3) is 5.91 Å². The maximum Gasteiger partial charge on any atom is 0.250 e. The number of rotatable bonds is 8. The highest BCUT2D eigenvalue weighted by Gasteiger charge is 2.13. The van der Waals surface area contributed by atoms with E-state index in [1.807, 2.05) is 29.8 Å². The van der Waals surface area contributed by atoms with E-state index in [9.17, 15) is 4.79 Å². The molecule has 0 bridgehead atoms. The lowest BCUT2D eigenvalue weighted by atomic mass is 10.2. The van der Waals surface area contributed by atoms with Crippen LogP contribution in [0.3, 0.4) is 0 Å². The number of methoxy groups -OCH3 is 2. The first-order valence-corrected chi connectivity index (χ1v) is 10.2.